The lowest BCUT2D eigenvalue weighted by atomic mass is 10.1. The fourth-order valence-electron chi connectivity index (χ4n) is 3.26. The molecule has 0 saturated carbocycles. The third kappa shape index (κ3) is 4.90. The van der Waals surface area contributed by atoms with Crippen LogP contribution in [0.15, 0.2) is 48.5 Å². The van der Waals surface area contributed by atoms with Crippen LogP contribution in [0.3, 0.4) is 0 Å². The molecule has 3 rings (SSSR count). The quantitative estimate of drug-likeness (QED) is 0.733. The number of amides is 1. The van der Waals surface area contributed by atoms with Crippen molar-refractivity contribution >= 4 is 28.9 Å². The van der Waals surface area contributed by atoms with Gasteiger partial charge in [-0.25, -0.2) is 0 Å². The van der Waals surface area contributed by atoms with Gasteiger partial charge in [-0.15, -0.1) is 0 Å². The predicted octanol–water partition coefficient (Wildman–Crippen LogP) is 3.06. The highest BCUT2D eigenvalue weighted by Gasteiger charge is 2.16. The summed E-state index contributed by atoms with van der Waals surface area (Å²) in [5.74, 6) is -0.397. The molecule has 1 fully saturated rings. The Balaban J connectivity index is 1.39. The SMILES string of the molecule is NC(=O)c1ccccc1NCCCN1CCN(c2ccc(Cl)cc2)CC1. The zero-order valence-corrected chi connectivity index (χ0v) is 15.6. The van der Waals surface area contributed by atoms with Gasteiger partial charge in [0, 0.05) is 49.1 Å². The number of piperazine rings is 1. The van der Waals surface area contributed by atoms with Crippen LogP contribution in [0, 0.1) is 0 Å². The summed E-state index contributed by atoms with van der Waals surface area (Å²) in [5.41, 5.74) is 8.00. The molecular weight excluding hydrogens is 348 g/mol. The second-order valence-corrected chi connectivity index (χ2v) is 6.93. The number of para-hydroxylation sites is 1. The van der Waals surface area contributed by atoms with Gasteiger partial charge >= 0.3 is 0 Å². The number of rotatable bonds is 7. The molecule has 1 saturated heterocycles. The summed E-state index contributed by atoms with van der Waals surface area (Å²) >= 11 is 5.96. The number of primary amides is 1. The number of hydrogen-bond acceptors (Lipinski definition) is 4. The second-order valence-electron chi connectivity index (χ2n) is 6.50. The van der Waals surface area contributed by atoms with Gasteiger partial charge in [0.05, 0.1) is 5.56 Å². The van der Waals surface area contributed by atoms with Gasteiger partial charge in [-0.2, -0.15) is 0 Å². The van der Waals surface area contributed by atoms with Crippen molar-refractivity contribution in [2.24, 2.45) is 5.73 Å². The Morgan fingerprint density at radius 2 is 1.73 bits per heavy atom. The van der Waals surface area contributed by atoms with Crippen LogP contribution in [0.4, 0.5) is 11.4 Å². The molecule has 0 unspecified atom stereocenters. The van der Waals surface area contributed by atoms with Gasteiger partial charge in [0.2, 0.25) is 0 Å². The fourth-order valence-corrected chi connectivity index (χ4v) is 3.39. The van der Waals surface area contributed by atoms with E-state index in [9.17, 15) is 4.79 Å². The first kappa shape index (κ1) is 18.5. The Kier molecular flexibility index (Phi) is 6.36. The van der Waals surface area contributed by atoms with Gasteiger partial charge in [0.25, 0.3) is 5.91 Å². The van der Waals surface area contributed by atoms with Crippen molar-refractivity contribution in [2.45, 2.75) is 6.42 Å². The molecule has 1 amide bonds. The molecular formula is C20H25ClN4O. The Morgan fingerprint density at radius 1 is 1.04 bits per heavy atom. The number of hydrogen-bond donors (Lipinski definition) is 2. The van der Waals surface area contributed by atoms with Gasteiger partial charge in [-0.05, 0) is 49.4 Å². The van der Waals surface area contributed by atoms with E-state index in [2.05, 4.69) is 27.2 Å². The molecule has 2 aromatic rings. The molecule has 0 bridgehead atoms. The van der Waals surface area contributed by atoms with Crippen LogP contribution in [0.5, 0.6) is 0 Å². The Morgan fingerprint density at radius 3 is 2.42 bits per heavy atom. The molecule has 3 N–H and O–H groups in total. The Labute approximate surface area is 159 Å². The maximum absolute atomic E-state index is 11.4. The lowest BCUT2D eigenvalue weighted by Crippen LogP contribution is -2.46. The van der Waals surface area contributed by atoms with E-state index in [0.29, 0.717) is 5.56 Å². The van der Waals surface area contributed by atoms with Gasteiger partial charge in [-0.3, -0.25) is 9.69 Å². The van der Waals surface area contributed by atoms with Crippen molar-refractivity contribution < 1.29 is 4.79 Å². The van der Waals surface area contributed by atoms with E-state index in [1.165, 1.54) is 5.69 Å². The van der Waals surface area contributed by atoms with E-state index >= 15 is 0 Å². The van der Waals surface area contributed by atoms with Crippen molar-refractivity contribution in [3.8, 4) is 0 Å². The highest BCUT2D eigenvalue weighted by molar-refractivity contribution is 6.30. The monoisotopic (exact) mass is 372 g/mol. The van der Waals surface area contributed by atoms with Crippen LogP contribution in [-0.4, -0.2) is 50.1 Å². The topological polar surface area (TPSA) is 61.6 Å². The number of nitrogens with two attached hydrogens (primary N) is 1. The molecule has 5 nitrogen and oxygen atoms in total. The number of carbonyl (C=O) groups is 1. The first-order valence-corrected chi connectivity index (χ1v) is 9.37. The van der Waals surface area contributed by atoms with Crippen molar-refractivity contribution in [1.29, 1.82) is 0 Å². The number of carbonyl (C=O) groups excluding carboxylic acids is 1. The molecule has 0 spiro atoms. The lowest BCUT2D eigenvalue weighted by Gasteiger charge is -2.36. The summed E-state index contributed by atoms with van der Waals surface area (Å²) in [4.78, 5) is 16.3. The molecule has 2 aromatic carbocycles. The van der Waals surface area contributed by atoms with Gasteiger partial charge in [0.1, 0.15) is 0 Å². The molecule has 1 aliphatic rings. The van der Waals surface area contributed by atoms with E-state index < -0.39 is 5.91 Å². The van der Waals surface area contributed by atoms with E-state index in [1.54, 1.807) is 6.07 Å². The van der Waals surface area contributed by atoms with Crippen LogP contribution in [0.25, 0.3) is 0 Å². The summed E-state index contributed by atoms with van der Waals surface area (Å²) in [6, 6.07) is 15.4. The molecule has 0 radical (unpaired) electrons. The first-order valence-electron chi connectivity index (χ1n) is 8.99. The molecule has 1 aliphatic heterocycles. The average molecular weight is 373 g/mol. The van der Waals surface area contributed by atoms with E-state index in [0.717, 1.165) is 56.4 Å². The van der Waals surface area contributed by atoms with E-state index in [4.69, 9.17) is 17.3 Å². The molecule has 6 heteroatoms. The van der Waals surface area contributed by atoms with Crippen molar-refractivity contribution in [1.82, 2.24) is 4.90 Å². The van der Waals surface area contributed by atoms with Gasteiger partial charge < -0.3 is 16.0 Å². The number of nitrogens with one attached hydrogen (secondary N) is 1. The van der Waals surface area contributed by atoms with Gasteiger partial charge in [-0.1, -0.05) is 23.7 Å². The summed E-state index contributed by atoms with van der Waals surface area (Å²) in [6.07, 6.45) is 1.02. The normalized spacial score (nSPS) is 15.0. The largest absolute Gasteiger partial charge is 0.384 e. The third-order valence-electron chi connectivity index (χ3n) is 4.72. The number of halogens is 1. The molecule has 26 heavy (non-hydrogen) atoms. The zero-order chi connectivity index (χ0) is 18.4. The van der Waals surface area contributed by atoms with Gasteiger partial charge in [0.15, 0.2) is 0 Å². The fraction of sp³-hybridized carbons (Fsp3) is 0.350. The predicted molar refractivity (Wildman–Crippen MR) is 108 cm³/mol. The Bertz CT molecular complexity index is 727. The van der Waals surface area contributed by atoms with Crippen LogP contribution < -0.4 is 16.0 Å². The number of benzene rings is 2. The van der Waals surface area contributed by atoms with Crippen molar-refractivity contribution in [3.05, 3.63) is 59.1 Å². The van der Waals surface area contributed by atoms with Crippen LogP contribution in [0.1, 0.15) is 16.8 Å². The molecule has 1 heterocycles. The van der Waals surface area contributed by atoms with Crippen LogP contribution >= 0.6 is 11.6 Å². The van der Waals surface area contributed by atoms with E-state index in [-0.39, 0.29) is 0 Å². The standard InChI is InChI=1S/C20H25ClN4O/c21-16-6-8-17(9-7-16)25-14-12-24(13-15-25)11-3-10-23-19-5-2-1-4-18(19)20(22)26/h1-2,4-9,23H,3,10-15H2,(H2,22,26). The smallest absolute Gasteiger partial charge is 0.250 e. The molecule has 138 valence electrons. The Hall–Kier alpha value is -2.24. The second kappa shape index (κ2) is 8.92. The summed E-state index contributed by atoms with van der Waals surface area (Å²) in [5, 5.41) is 4.10. The minimum absolute atomic E-state index is 0.397. The minimum atomic E-state index is -0.397. The number of anilines is 2. The zero-order valence-electron chi connectivity index (χ0n) is 14.8. The van der Waals surface area contributed by atoms with Crippen molar-refractivity contribution in [3.63, 3.8) is 0 Å². The summed E-state index contributed by atoms with van der Waals surface area (Å²) in [6.45, 7) is 6.03. The first-order chi connectivity index (χ1) is 12.6. The van der Waals surface area contributed by atoms with Crippen LogP contribution in [-0.2, 0) is 0 Å². The lowest BCUT2D eigenvalue weighted by molar-refractivity contribution is 0.100. The van der Waals surface area contributed by atoms with Crippen LogP contribution in [0.2, 0.25) is 5.02 Å². The maximum atomic E-state index is 11.4. The van der Waals surface area contributed by atoms with E-state index in [1.807, 2.05) is 30.3 Å². The highest BCUT2D eigenvalue weighted by atomic mass is 35.5. The molecule has 0 aromatic heterocycles. The number of nitrogens with zero attached hydrogens (tertiary/aromatic N) is 2. The summed E-state index contributed by atoms with van der Waals surface area (Å²) < 4.78 is 0. The third-order valence-corrected chi connectivity index (χ3v) is 4.98. The minimum Gasteiger partial charge on any atom is -0.384 e. The molecule has 0 atom stereocenters. The highest BCUT2D eigenvalue weighted by Crippen LogP contribution is 2.19. The average Bonchev–Trinajstić information content (AvgIpc) is 2.66. The maximum Gasteiger partial charge on any atom is 0.250 e. The summed E-state index contributed by atoms with van der Waals surface area (Å²) in [7, 11) is 0. The molecule has 0 aliphatic carbocycles. The van der Waals surface area contributed by atoms with Crippen molar-refractivity contribution in [2.75, 3.05) is 49.5 Å².